The van der Waals surface area contributed by atoms with Crippen molar-refractivity contribution in [2.75, 3.05) is 13.1 Å². The fourth-order valence-corrected chi connectivity index (χ4v) is 3.14. The van der Waals surface area contributed by atoms with Crippen LogP contribution in [-0.2, 0) is 22.7 Å². The molecule has 1 aromatic heterocycles. The average Bonchev–Trinajstić information content (AvgIpc) is 3.22. The minimum Gasteiger partial charge on any atom is -0.467 e. The van der Waals surface area contributed by atoms with Gasteiger partial charge in [-0.25, -0.2) is 4.39 Å². The first-order chi connectivity index (χ1) is 14.0. The van der Waals surface area contributed by atoms with Crippen molar-refractivity contribution in [3.8, 4) is 0 Å². The molecule has 0 aliphatic heterocycles. The van der Waals surface area contributed by atoms with E-state index in [1.54, 1.807) is 34.3 Å². The van der Waals surface area contributed by atoms with Gasteiger partial charge in [0.25, 0.3) is 0 Å². The van der Waals surface area contributed by atoms with Gasteiger partial charge in [0.2, 0.25) is 11.8 Å². The first-order valence-electron chi connectivity index (χ1n) is 10.4. The molecule has 0 fully saturated rings. The molecule has 0 aliphatic carbocycles. The van der Waals surface area contributed by atoms with Crippen LogP contribution in [0.2, 0.25) is 0 Å². The highest BCUT2D eigenvalue weighted by Gasteiger charge is 2.22. The zero-order chi connectivity index (χ0) is 21.1. The predicted octanol–water partition coefficient (Wildman–Crippen LogP) is 4.77. The molecule has 2 amide bonds. The van der Waals surface area contributed by atoms with Gasteiger partial charge in [0.05, 0.1) is 19.4 Å². The molecule has 1 aromatic carbocycles. The Labute approximate surface area is 172 Å². The number of hydrogen-bond acceptors (Lipinski definition) is 3. The Morgan fingerprint density at radius 2 is 1.69 bits per heavy atom. The maximum absolute atomic E-state index is 13.2. The zero-order valence-corrected chi connectivity index (χ0v) is 17.4. The Kier molecular flexibility index (Phi) is 9.41. The van der Waals surface area contributed by atoms with E-state index < -0.39 is 0 Å². The van der Waals surface area contributed by atoms with E-state index in [2.05, 4.69) is 6.92 Å². The van der Waals surface area contributed by atoms with Crippen LogP contribution in [0.3, 0.4) is 0 Å². The van der Waals surface area contributed by atoms with E-state index in [0.29, 0.717) is 31.8 Å². The molecular formula is C23H31FN2O3. The summed E-state index contributed by atoms with van der Waals surface area (Å²) in [4.78, 5) is 28.9. The summed E-state index contributed by atoms with van der Waals surface area (Å²) in [6, 6.07) is 9.67. The summed E-state index contributed by atoms with van der Waals surface area (Å²) < 4.78 is 18.6. The second kappa shape index (κ2) is 12.0. The van der Waals surface area contributed by atoms with Crippen LogP contribution >= 0.6 is 0 Å². The topological polar surface area (TPSA) is 53.8 Å². The van der Waals surface area contributed by atoms with E-state index in [4.69, 9.17) is 4.42 Å². The normalized spacial score (nSPS) is 10.7. The predicted molar refractivity (Wildman–Crippen MR) is 110 cm³/mol. The number of unbranched alkanes of at least 4 members (excludes halogenated alkanes) is 2. The van der Waals surface area contributed by atoms with Crippen LogP contribution in [0.1, 0.15) is 57.3 Å². The molecule has 5 nitrogen and oxygen atoms in total. The summed E-state index contributed by atoms with van der Waals surface area (Å²) in [5.41, 5.74) is 0.822. The number of carbonyl (C=O) groups is 2. The van der Waals surface area contributed by atoms with Crippen LogP contribution in [0.5, 0.6) is 0 Å². The minimum absolute atomic E-state index is 0.0216. The third kappa shape index (κ3) is 7.72. The molecule has 0 aliphatic rings. The van der Waals surface area contributed by atoms with E-state index >= 15 is 0 Å². The number of halogens is 1. The summed E-state index contributed by atoms with van der Waals surface area (Å²) in [6.45, 7) is 5.31. The van der Waals surface area contributed by atoms with Crippen molar-refractivity contribution in [3.05, 3.63) is 59.8 Å². The molecule has 0 N–H and O–H groups in total. The lowest BCUT2D eigenvalue weighted by Crippen LogP contribution is -2.42. The lowest BCUT2D eigenvalue weighted by atomic mass is 10.2. The Morgan fingerprint density at radius 1 is 0.931 bits per heavy atom. The summed E-state index contributed by atoms with van der Waals surface area (Å²) in [5.74, 6) is 0.220. The SMILES string of the molecule is CCCCCC(=O)N(CCC)CC(=O)N(Cc1ccc(F)cc1)Cc1ccco1. The standard InChI is InChI=1S/C23H31FN2O3/c1-3-5-6-9-22(27)25(14-4-2)18-23(28)26(17-21-8-7-15-29-21)16-19-10-12-20(24)13-11-19/h7-8,10-13,15H,3-6,9,14,16-18H2,1-2H3. The number of furan rings is 1. The molecule has 0 saturated carbocycles. The van der Waals surface area contributed by atoms with E-state index in [-0.39, 0.29) is 24.2 Å². The van der Waals surface area contributed by atoms with Gasteiger partial charge in [0.1, 0.15) is 11.6 Å². The van der Waals surface area contributed by atoms with Gasteiger partial charge in [0, 0.05) is 19.5 Å². The van der Waals surface area contributed by atoms with Gasteiger partial charge in [-0.3, -0.25) is 9.59 Å². The first kappa shape index (κ1) is 22.7. The molecule has 0 atom stereocenters. The number of rotatable bonds is 12. The van der Waals surface area contributed by atoms with Gasteiger partial charge in [0.15, 0.2) is 0 Å². The van der Waals surface area contributed by atoms with Crippen LogP contribution < -0.4 is 0 Å². The van der Waals surface area contributed by atoms with Crippen molar-refractivity contribution in [1.82, 2.24) is 9.80 Å². The largest absolute Gasteiger partial charge is 0.467 e. The molecule has 2 aromatic rings. The summed E-state index contributed by atoms with van der Waals surface area (Å²) in [7, 11) is 0. The van der Waals surface area contributed by atoms with Gasteiger partial charge in [-0.2, -0.15) is 0 Å². The summed E-state index contributed by atoms with van der Waals surface area (Å²) in [6.07, 6.45) is 5.73. The fraction of sp³-hybridized carbons (Fsp3) is 0.478. The molecule has 1 heterocycles. The fourth-order valence-electron chi connectivity index (χ4n) is 3.14. The van der Waals surface area contributed by atoms with Crippen LogP contribution in [0.25, 0.3) is 0 Å². The monoisotopic (exact) mass is 402 g/mol. The van der Waals surface area contributed by atoms with Crippen LogP contribution in [-0.4, -0.2) is 34.7 Å². The van der Waals surface area contributed by atoms with E-state index in [1.807, 2.05) is 13.0 Å². The first-order valence-corrected chi connectivity index (χ1v) is 10.4. The Morgan fingerprint density at radius 3 is 2.31 bits per heavy atom. The number of benzene rings is 1. The number of carbonyl (C=O) groups excluding carboxylic acids is 2. The van der Waals surface area contributed by atoms with Crippen molar-refractivity contribution in [2.45, 2.75) is 59.0 Å². The quantitative estimate of drug-likeness (QED) is 0.481. The molecule has 0 unspecified atom stereocenters. The van der Waals surface area contributed by atoms with Crippen LogP contribution in [0, 0.1) is 5.82 Å². The Bertz CT molecular complexity index is 744. The maximum Gasteiger partial charge on any atom is 0.242 e. The highest BCUT2D eigenvalue weighted by molar-refractivity contribution is 5.84. The number of nitrogens with zero attached hydrogens (tertiary/aromatic N) is 2. The molecule has 158 valence electrons. The molecular weight excluding hydrogens is 371 g/mol. The Hall–Kier alpha value is -2.63. The molecule has 2 rings (SSSR count). The van der Waals surface area contributed by atoms with Crippen molar-refractivity contribution in [2.24, 2.45) is 0 Å². The van der Waals surface area contributed by atoms with Gasteiger partial charge < -0.3 is 14.2 Å². The molecule has 0 spiro atoms. The lowest BCUT2D eigenvalue weighted by Gasteiger charge is -2.27. The zero-order valence-electron chi connectivity index (χ0n) is 17.4. The maximum atomic E-state index is 13.2. The molecule has 0 saturated heterocycles. The summed E-state index contributed by atoms with van der Waals surface area (Å²) >= 11 is 0. The van der Waals surface area contributed by atoms with Gasteiger partial charge >= 0.3 is 0 Å². The second-order valence-electron chi connectivity index (χ2n) is 7.23. The van der Waals surface area contributed by atoms with Gasteiger partial charge in [-0.15, -0.1) is 0 Å². The number of amides is 2. The smallest absolute Gasteiger partial charge is 0.242 e. The highest BCUT2D eigenvalue weighted by atomic mass is 19.1. The van der Waals surface area contributed by atoms with Crippen molar-refractivity contribution >= 4 is 11.8 Å². The van der Waals surface area contributed by atoms with Crippen molar-refractivity contribution in [1.29, 1.82) is 0 Å². The number of hydrogen-bond donors (Lipinski definition) is 0. The van der Waals surface area contributed by atoms with E-state index in [0.717, 1.165) is 31.2 Å². The molecule has 0 bridgehead atoms. The molecule has 6 heteroatoms. The van der Waals surface area contributed by atoms with Gasteiger partial charge in [-0.05, 0) is 42.7 Å². The molecule has 0 radical (unpaired) electrons. The third-order valence-electron chi connectivity index (χ3n) is 4.73. The van der Waals surface area contributed by atoms with Crippen molar-refractivity contribution in [3.63, 3.8) is 0 Å². The Balaban J connectivity index is 2.08. The van der Waals surface area contributed by atoms with E-state index in [1.165, 1.54) is 12.1 Å². The average molecular weight is 403 g/mol. The lowest BCUT2D eigenvalue weighted by molar-refractivity contribution is -0.141. The van der Waals surface area contributed by atoms with Crippen molar-refractivity contribution < 1.29 is 18.4 Å². The van der Waals surface area contributed by atoms with Gasteiger partial charge in [-0.1, -0.05) is 38.8 Å². The van der Waals surface area contributed by atoms with Crippen LogP contribution in [0.15, 0.2) is 47.1 Å². The summed E-state index contributed by atoms with van der Waals surface area (Å²) in [5, 5.41) is 0. The minimum atomic E-state index is -0.315. The second-order valence-corrected chi connectivity index (χ2v) is 7.23. The van der Waals surface area contributed by atoms with Crippen LogP contribution in [0.4, 0.5) is 4.39 Å². The highest BCUT2D eigenvalue weighted by Crippen LogP contribution is 2.13. The third-order valence-corrected chi connectivity index (χ3v) is 4.73. The van der Waals surface area contributed by atoms with E-state index in [9.17, 15) is 14.0 Å². The molecule has 29 heavy (non-hydrogen) atoms.